The molecule has 0 amide bonds. The molecular weight excluding hydrogens is 254 g/mol. The van der Waals surface area contributed by atoms with E-state index in [9.17, 15) is 10.1 Å². The molecule has 2 rings (SSSR count). The van der Waals surface area contributed by atoms with Gasteiger partial charge in [-0.1, -0.05) is 12.1 Å². The highest BCUT2D eigenvalue weighted by Crippen LogP contribution is 2.13. The van der Waals surface area contributed by atoms with Gasteiger partial charge in [0.1, 0.15) is 0 Å². The van der Waals surface area contributed by atoms with Crippen molar-refractivity contribution in [1.29, 1.82) is 0 Å². The van der Waals surface area contributed by atoms with Gasteiger partial charge >= 0.3 is 0 Å². The van der Waals surface area contributed by atoms with E-state index in [-0.39, 0.29) is 10.6 Å². The highest BCUT2D eigenvalue weighted by atomic mass is 16.6. The molecule has 2 N–H and O–H groups in total. The van der Waals surface area contributed by atoms with E-state index >= 15 is 0 Å². The molecule has 1 aliphatic heterocycles. The van der Waals surface area contributed by atoms with Crippen LogP contribution in [0, 0.1) is 10.1 Å². The molecule has 1 fully saturated rings. The lowest BCUT2D eigenvalue weighted by atomic mass is 10.1. The summed E-state index contributed by atoms with van der Waals surface area (Å²) in [6.45, 7) is 4.28. The maximum Gasteiger partial charge on any atom is 0.269 e. The molecule has 1 heterocycles. The van der Waals surface area contributed by atoms with Crippen molar-refractivity contribution in [3.63, 3.8) is 0 Å². The first-order valence-electron chi connectivity index (χ1n) is 7.35. The third-order valence-corrected chi connectivity index (χ3v) is 3.85. The van der Waals surface area contributed by atoms with Crippen molar-refractivity contribution in [3.05, 3.63) is 39.9 Å². The van der Waals surface area contributed by atoms with Gasteiger partial charge in [0.15, 0.2) is 0 Å². The van der Waals surface area contributed by atoms with Gasteiger partial charge in [-0.25, -0.2) is 0 Å². The molecule has 1 aromatic rings. The summed E-state index contributed by atoms with van der Waals surface area (Å²) in [7, 11) is 0. The van der Waals surface area contributed by atoms with E-state index in [0.29, 0.717) is 12.1 Å². The Bertz CT molecular complexity index is 427. The fraction of sp³-hybridized carbons (Fsp3) is 0.600. The van der Waals surface area contributed by atoms with Gasteiger partial charge < -0.3 is 10.6 Å². The predicted molar refractivity (Wildman–Crippen MR) is 79.9 cm³/mol. The molecule has 5 heteroatoms. The third kappa shape index (κ3) is 4.58. The van der Waals surface area contributed by atoms with Crippen molar-refractivity contribution in [3.8, 4) is 0 Å². The second-order valence-corrected chi connectivity index (χ2v) is 5.56. The van der Waals surface area contributed by atoms with Crippen LogP contribution in [-0.4, -0.2) is 30.1 Å². The fourth-order valence-corrected chi connectivity index (χ4v) is 2.72. The van der Waals surface area contributed by atoms with Crippen LogP contribution in [0.4, 0.5) is 5.69 Å². The quantitative estimate of drug-likeness (QED) is 0.592. The van der Waals surface area contributed by atoms with Gasteiger partial charge in [-0.2, -0.15) is 0 Å². The van der Waals surface area contributed by atoms with Crippen LogP contribution in [0.2, 0.25) is 0 Å². The second-order valence-electron chi connectivity index (χ2n) is 5.56. The first-order valence-corrected chi connectivity index (χ1v) is 7.35. The Morgan fingerprint density at radius 1 is 1.45 bits per heavy atom. The molecule has 0 bridgehead atoms. The highest BCUT2D eigenvalue weighted by Gasteiger charge is 2.16. The fourth-order valence-electron chi connectivity index (χ4n) is 2.72. The van der Waals surface area contributed by atoms with E-state index in [1.165, 1.54) is 19.3 Å². The van der Waals surface area contributed by atoms with Gasteiger partial charge in [0.25, 0.3) is 5.69 Å². The topological polar surface area (TPSA) is 67.2 Å². The molecule has 20 heavy (non-hydrogen) atoms. The number of non-ortho nitro benzene ring substituents is 1. The molecule has 110 valence electrons. The summed E-state index contributed by atoms with van der Waals surface area (Å²) in [5.74, 6) is 0. The first kappa shape index (κ1) is 14.9. The van der Waals surface area contributed by atoms with E-state index in [4.69, 9.17) is 0 Å². The summed E-state index contributed by atoms with van der Waals surface area (Å²) in [6, 6.07) is 7.98. The molecule has 0 radical (unpaired) electrons. The summed E-state index contributed by atoms with van der Waals surface area (Å²) < 4.78 is 0. The van der Waals surface area contributed by atoms with Crippen LogP contribution in [0.15, 0.2) is 24.3 Å². The molecule has 1 aliphatic rings. The van der Waals surface area contributed by atoms with Crippen LogP contribution in [0.25, 0.3) is 0 Å². The van der Waals surface area contributed by atoms with Crippen LogP contribution in [0.5, 0.6) is 0 Å². The Morgan fingerprint density at radius 2 is 2.20 bits per heavy atom. The van der Waals surface area contributed by atoms with Crippen molar-refractivity contribution in [2.45, 2.75) is 44.7 Å². The van der Waals surface area contributed by atoms with Gasteiger partial charge in [0, 0.05) is 24.2 Å². The Hall–Kier alpha value is -1.46. The summed E-state index contributed by atoms with van der Waals surface area (Å²) in [5, 5.41) is 17.6. The predicted octanol–water partition coefficient (Wildman–Crippen LogP) is 2.26. The second kappa shape index (κ2) is 7.36. The molecule has 0 aromatic heterocycles. The highest BCUT2D eigenvalue weighted by molar-refractivity contribution is 5.32. The minimum atomic E-state index is -0.362. The number of nitro groups is 1. The molecule has 5 nitrogen and oxygen atoms in total. The van der Waals surface area contributed by atoms with Gasteiger partial charge in [-0.3, -0.25) is 10.1 Å². The standard InChI is InChI=1S/C15H23N3O2/c1-12(11-14-3-2-9-17-14)16-10-8-13-4-6-15(7-5-13)18(19)20/h4-7,12,14,16-17H,2-3,8-11H2,1H3. The lowest BCUT2D eigenvalue weighted by Crippen LogP contribution is -2.34. The van der Waals surface area contributed by atoms with E-state index in [2.05, 4.69) is 17.6 Å². The molecule has 0 spiro atoms. The minimum Gasteiger partial charge on any atom is -0.314 e. The van der Waals surface area contributed by atoms with Crippen molar-refractivity contribution in [2.24, 2.45) is 0 Å². The number of benzene rings is 1. The molecule has 1 aromatic carbocycles. The Morgan fingerprint density at radius 3 is 2.80 bits per heavy atom. The van der Waals surface area contributed by atoms with Gasteiger partial charge in [0.2, 0.25) is 0 Å². The van der Waals surface area contributed by atoms with Gasteiger partial charge in [-0.05, 0) is 51.3 Å². The number of hydrogen-bond acceptors (Lipinski definition) is 4. The zero-order chi connectivity index (χ0) is 14.4. The number of nitro benzene ring substituents is 1. The maximum atomic E-state index is 10.6. The van der Waals surface area contributed by atoms with Crippen molar-refractivity contribution >= 4 is 5.69 Å². The number of rotatable bonds is 7. The van der Waals surface area contributed by atoms with Crippen molar-refractivity contribution in [2.75, 3.05) is 13.1 Å². The van der Waals surface area contributed by atoms with E-state index in [1.807, 2.05) is 12.1 Å². The lowest BCUT2D eigenvalue weighted by Gasteiger charge is -2.18. The Balaban J connectivity index is 1.68. The van der Waals surface area contributed by atoms with E-state index in [0.717, 1.165) is 25.1 Å². The smallest absolute Gasteiger partial charge is 0.269 e. The van der Waals surface area contributed by atoms with Crippen LogP contribution >= 0.6 is 0 Å². The average molecular weight is 277 g/mol. The summed E-state index contributed by atoms with van der Waals surface area (Å²) in [6.07, 6.45) is 4.65. The maximum absolute atomic E-state index is 10.6. The molecule has 0 saturated carbocycles. The lowest BCUT2D eigenvalue weighted by molar-refractivity contribution is -0.384. The van der Waals surface area contributed by atoms with Crippen LogP contribution in [0.1, 0.15) is 31.7 Å². The molecule has 0 aliphatic carbocycles. The van der Waals surface area contributed by atoms with Gasteiger partial charge in [-0.15, -0.1) is 0 Å². The van der Waals surface area contributed by atoms with Crippen molar-refractivity contribution in [1.82, 2.24) is 10.6 Å². The number of nitrogens with one attached hydrogen (secondary N) is 2. The zero-order valence-corrected chi connectivity index (χ0v) is 12.0. The zero-order valence-electron chi connectivity index (χ0n) is 12.0. The average Bonchev–Trinajstić information content (AvgIpc) is 2.92. The van der Waals surface area contributed by atoms with Crippen molar-refractivity contribution < 1.29 is 4.92 Å². The monoisotopic (exact) mass is 277 g/mol. The summed E-state index contributed by atoms with van der Waals surface area (Å²) in [4.78, 5) is 10.2. The Labute approximate surface area is 119 Å². The first-order chi connectivity index (χ1) is 9.65. The normalized spacial score (nSPS) is 19.9. The molecular formula is C15H23N3O2. The Kier molecular flexibility index (Phi) is 5.49. The SMILES string of the molecule is CC(CC1CCCN1)NCCc1ccc([N+](=O)[O-])cc1. The molecule has 1 saturated heterocycles. The summed E-state index contributed by atoms with van der Waals surface area (Å²) in [5.41, 5.74) is 1.29. The largest absolute Gasteiger partial charge is 0.314 e. The van der Waals surface area contributed by atoms with Crippen LogP contribution in [-0.2, 0) is 6.42 Å². The van der Waals surface area contributed by atoms with E-state index < -0.39 is 0 Å². The summed E-state index contributed by atoms with van der Waals surface area (Å²) >= 11 is 0. The van der Waals surface area contributed by atoms with Gasteiger partial charge in [0.05, 0.1) is 4.92 Å². The minimum absolute atomic E-state index is 0.155. The molecule has 2 unspecified atom stereocenters. The van der Waals surface area contributed by atoms with Crippen LogP contribution in [0.3, 0.4) is 0 Å². The number of hydrogen-bond donors (Lipinski definition) is 2. The molecule has 2 atom stereocenters. The van der Waals surface area contributed by atoms with E-state index in [1.54, 1.807) is 12.1 Å². The third-order valence-electron chi connectivity index (χ3n) is 3.85. The number of nitrogens with zero attached hydrogens (tertiary/aromatic N) is 1. The van der Waals surface area contributed by atoms with Crippen LogP contribution < -0.4 is 10.6 Å².